The minimum atomic E-state index is 0.322. The fourth-order valence-corrected chi connectivity index (χ4v) is 7.50. The first-order chi connectivity index (χ1) is 28.9. The Morgan fingerprint density at radius 3 is 1.58 bits per heavy atom. The molecular formula is C44H54ClN7O7. The van der Waals surface area contributed by atoms with Crippen LogP contribution in [0.15, 0.2) is 67.0 Å². The molecule has 6 heterocycles. The van der Waals surface area contributed by atoms with Gasteiger partial charge in [-0.3, -0.25) is 0 Å². The van der Waals surface area contributed by atoms with Gasteiger partial charge in [-0.1, -0.05) is 23.7 Å². The zero-order valence-corrected chi connectivity index (χ0v) is 35.0. The van der Waals surface area contributed by atoms with Crippen molar-refractivity contribution in [3.8, 4) is 23.0 Å². The number of nitrogen functional groups attached to an aromatic ring is 1. The number of ether oxygens (including phenoxy) is 7. The predicted octanol–water partition coefficient (Wildman–Crippen LogP) is 6.78. The summed E-state index contributed by atoms with van der Waals surface area (Å²) in [7, 11) is 6.64. The van der Waals surface area contributed by atoms with Gasteiger partial charge >= 0.3 is 0 Å². The molecule has 3 aromatic heterocycles. The van der Waals surface area contributed by atoms with E-state index in [1.54, 1.807) is 34.6 Å². The van der Waals surface area contributed by atoms with Crippen LogP contribution in [0.4, 0.5) is 5.82 Å². The van der Waals surface area contributed by atoms with Gasteiger partial charge in [-0.05, 0) is 103 Å². The lowest BCUT2D eigenvalue weighted by atomic mass is 9.99. The van der Waals surface area contributed by atoms with Crippen LogP contribution in [-0.4, -0.2) is 98.7 Å². The van der Waals surface area contributed by atoms with Crippen LogP contribution < -0.4 is 24.7 Å². The third-order valence-electron chi connectivity index (χ3n) is 10.7. The lowest BCUT2D eigenvalue weighted by Crippen LogP contribution is -2.05. The van der Waals surface area contributed by atoms with Crippen molar-refractivity contribution in [1.29, 1.82) is 0 Å². The molecule has 14 nitrogen and oxygen atoms in total. The normalized spacial score (nSPS) is 18.3. The van der Waals surface area contributed by atoms with Crippen molar-refractivity contribution in [3.05, 3.63) is 111 Å². The van der Waals surface area contributed by atoms with Crippen molar-refractivity contribution in [2.24, 2.45) is 0 Å². The summed E-state index contributed by atoms with van der Waals surface area (Å²) in [4.78, 5) is 0. The minimum Gasteiger partial charge on any atom is -0.497 e. The van der Waals surface area contributed by atoms with Crippen LogP contribution in [-0.2, 0) is 39.9 Å². The molecule has 8 rings (SSSR count). The topological polar surface area (TPSA) is 168 Å². The van der Waals surface area contributed by atoms with Crippen molar-refractivity contribution < 1.29 is 33.2 Å². The molecule has 2 aromatic carbocycles. The Morgan fingerprint density at radius 2 is 1.08 bits per heavy atom. The highest BCUT2D eigenvalue weighted by Crippen LogP contribution is 2.31. The second kappa shape index (κ2) is 22.3. The number of nitrogens with two attached hydrogens (primary N) is 1. The Morgan fingerprint density at radius 1 is 0.576 bits per heavy atom. The van der Waals surface area contributed by atoms with Crippen LogP contribution >= 0.6 is 11.6 Å². The molecule has 0 amide bonds. The summed E-state index contributed by atoms with van der Waals surface area (Å²) < 4.78 is 37.5. The van der Waals surface area contributed by atoms with E-state index < -0.39 is 0 Å². The van der Waals surface area contributed by atoms with E-state index in [9.17, 15) is 0 Å². The Kier molecular flexibility index (Phi) is 16.4. The van der Waals surface area contributed by atoms with Gasteiger partial charge in [0.05, 0.1) is 72.0 Å². The maximum absolute atomic E-state index is 6.21. The monoisotopic (exact) mass is 827 g/mol. The van der Waals surface area contributed by atoms with Gasteiger partial charge in [-0.2, -0.15) is 20.4 Å². The number of benzene rings is 2. The number of methoxy groups -OCH3 is 4. The maximum Gasteiger partial charge on any atom is 0.155 e. The molecule has 3 aliphatic heterocycles. The smallest absolute Gasteiger partial charge is 0.155 e. The molecule has 5 aromatic rings. The van der Waals surface area contributed by atoms with E-state index in [0.29, 0.717) is 35.3 Å². The molecule has 3 saturated heterocycles. The van der Waals surface area contributed by atoms with Crippen LogP contribution in [0.5, 0.6) is 23.0 Å². The van der Waals surface area contributed by atoms with Crippen molar-refractivity contribution in [2.45, 2.75) is 62.7 Å². The van der Waals surface area contributed by atoms with Gasteiger partial charge < -0.3 is 38.9 Å². The van der Waals surface area contributed by atoms with Gasteiger partial charge in [0.2, 0.25) is 0 Å². The Labute approximate surface area is 351 Å². The number of hydrogen-bond donors (Lipinski definition) is 1. The molecule has 3 unspecified atom stereocenters. The SMILES string of the molecule is COc1ccc(CCc2cc(C3CCOC3)c(Cl)nn2)c(OC)c1.COc1ccc(CCc2cc(C3CCOC3)cnn2)c(OC)c1.Nc1cc(C2CCOC2)cnn1. The van der Waals surface area contributed by atoms with Crippen molar-refractivity contribution in [1.82, 2.24) is 30.6 Å². The highest BCUT2D eigenvalue weighted by atomic mass is 35.5. The average Bonchev–Trinajstić information content (AvgIpc) is 4.12. The molecule has 3 atom stereocenters. The van der Waals surface area contributed by atoms with Gasteiger partial charge in [0.15, 0.2) is 5.15 Å². The van der Waals surface area contributed by atoms with Gasteiger partial charge in [-0.15, -0.1) is 10.2 Å². The standard InChI is InChI=1S/C18H21ClN2O3.C18H22N2O3.C8H11N3O/c1-22-15-6-4-12(17(10-15)23-2)3-5-14-9-16(18(19)21-20-14)13-7-8-24-11-13;1-21-17-6-4-13(18(10-17)22-2)3-5-16-9-15(11-19-20-16)14-7-8-23-12-14;9-8-3-7(4-10-11-8)6-1-2-12-5-6/h4,6,9-10,13H,3,5,7-8,11H2,1-2H3;4,6,9-11,14H,3,5,7-8,12H2,1-2H3;3-4,6H,1-2,5H2,(H2,9,11). The largest absolute Gasteiger partial charge is 0.497 e. The molecule has 0 bridgehead atoms. The van der Waals surface area contributed by atoms with E-state index in [-0.39, 0.29) is 0 Å². The molecule has 314 valence electrons. The number of rotatable bonds is 13. The van der Waals surface area contributed by atoms with E-state index in [0.717, 1.165) is 135 Å². The molecule has 3 fully saturated rings. The number of nitrogens with zero attached hydrogens (tertiary/aromatic N) is 6. The first kappa shape index (κ1) is 43.4. The molecule has 0 aliphatic carbocycles. The summed E-state index contributed by atoms with van der Waals surface area (Å²) in [5, 5.41) is 24.7. The quantitative estimate of drug-likeness (QED) is 0.132. The first-order valence-corrected chi connectivity index (χ1v) is 20.3. The second-order valence-electron chi connectivity index (χ2n) is 14.5. The highest BCUT2D eigenvalue weighted by molar-refractivity contribution is 6.30. The van der Waals surface area contributed by atoms with Crippen molar-refractivity contribution >= 4 is 17.4 Å². The number of hydrogen-bond acceptors (Lipinski definition) is 14. The van der Waals surface area contributed by atoms with Crippen molar-refractivity contribution in [2.75, 3.05) is 73.8 Å². The van der Waals surface area contributed by atoms with E-state index >= 15 is 0 Å². The van der Waals surface area contributed by atoms with E-state index in [4.69, 9.17) is 50.5 Å². The van der Waals surface area contributed by atoms with E-state index in [2.05, 4.69) is 42.7 Å². The molecule has 59 heavy (non-hydrogen) atoms. The maximum atomic E-state index is 6.21. The fourth-order valence-electron chi connectivity index (χ4n) is 7.26. The fraction of sp³-hybridized carbons (Fsp3) is 0.455. The van der Waals surface area contributed by atoms with Crippen LogP contribution in [0, 0.1) is 0 Å². The van der Waals surface area contributed by atoms with E-state index in [1.807, 2.05) is 48.7 Å². The Hall–Kier alpha value is -5.15. The van der Waals surface area contributed by atoms with Crippen LogP contribution in [0.2, 0.25) is 5.15 Å². The summed E-state index contributed by atoms with van der Waals surface area (Å²) in [6.45, 7) is 4.74. The molecule has 0 saturated carbocycles. The first-order valence-electron chi connectivity index (χ1n) is 19.9. The lowest BCUT2D eigenvalue weighted by Gasteiger charge is -2.12. The van der Waals surface area contributed by atoms with Crippen molar-refractivity contribution in [3.63, 3.8) is 0 Å². The summed E-state index contributed by atoms with van der Waals surface area (Å²) in [5.41, 5.74) is 13.1. The Bertz CT molecular complexity index is 2080. The summed E-state index contributed by atoms with van der Waals surface area (Å²) in [5.74, 6) is 4.97. The zero-order chi connectivity index (χ0) is 41.4. The number of halogens is 1. The van der Waals surface area contributed by atoms with Crippen LogP contribution in [0.3, 0.4) is 0 Å². The van der Waals surface area contributed by atoms with Crippen LogP contribution in [0.25, 0.3) is 0 Å². The van der Waals surface area contributed by atoms with E-state index in [1.165, 1.54) is 5.56 Å². The molecule has 0 spiro atoms. The molecule has 3 aliphatic rings. The van der Waals surface area contributed by atoms with Crippen LogP contribution in [0.1, 0.15) is 76.2 Å². The average molecular weight is 828 g/mol. The summed E-state index contributed by atoms with van der Waals surface area (Å²) in [6, 6.07) is 17.8. The Balaban J connectivity index is 0.000000157. The molecule has 0 radical (unpaired) electrons. The molecule has 2 N–H and O–H groups in total. The summed E-state index contributed by atoms with van der Waals surface area (Å²) >= 11 is 6.21. The molecular weight excluding hydrogens is 774 g/mol. The van der Waals surface area contributed by atoms with Gasteiger partial charge in [0.25, 0.3) is 0 Å². The zero-order valence-electron chi connectivity index (χ0n) is 34.3. The minimum absolute atomic E-state index is 0.322. The lowest BCUT2D eigenvalue weighted by molar-refractivity contribution is 0.193. The third kappa shape index (κ3) is 12.4. The number of aromatic nitrogens is 6. The molecule has 15 heteroatoms. The second-order valence-corrected chi connectivity index (χ2v) is 14.9. The number of aryl methyl sites for hydroxylation is 4. The van der Waals surface area contributed by atoms with Gasteiger partial charge in [0, 0.05) is 49.7 Å². The highest BCUT2D eigenvalue weighted by Gasteiger charge is 2.22. The number of anilines is 1. The van der Waals surface area contributed by atoms with Gasteiger partial charge in [0.1, 0.15) is 28.8 Å². The third-order valence-corrected chi connectivity index (χ3v) is 11.0. The summed E-state index contributed by atoms with van der Waals surface area (Å²) in [6.07, 6.45) is 9.99. The predicted molar refractivity (Wildman–Crippen MR) is 224 cm³/mol. The van der Waals surface area contributed by atoms with Gasteiger partial charge in [-0.25, -0.2) is 0 Å².